The van der Waals surface area contributed by atoms with Crippen LogP contribution in [0.3, 0.4) is 0 Å². The van der Waals surface area contributed by atoms with Crippen LogP contribution in [0.1, 0.15) is 47.6 Å². The predicted octanol–water partition coefficient (Wildman–Crippen LogP) is 2.47. The normalized spacial score (nSPS) is 22.8. The summed E-state index contributed by atoms with van der Waals surface area (Å²) >= 11 is 0. The van der Waals surface area contributed by atoms with Crippen molar-refractivity contribution in [3.63, 3.8) is 0 Å². The molecule has 2 aromatic rings. The van der Waals surface area contributed by atoms with E-state index in [1.165, 1.54) is 17.2 Å². The summed E-state index contributed by atoms with van der Waals surface area (Å²) in [6.45, 7) is 0.611. The number of carbonyl (C=O) groups is 2. The van der Waals surface area contributed by atoms with E-state index in [0.717, 1.165) is 4.68 Å². The van der Waals surface area contributed by atoms with Crippen LogP contribution in [0, 0.1) is 5.92 Å². The van der Waals surface area contributed by atoms with Gasteiger partial charge in [0.15, 0.2) is 11.7 Å². The summed E-state index contributed by atoms with van der Waals surface area (Å²) in [6.07, 6.45) is -2.58. The molecule has 2 aliphatic heterocycles. The van der Waals surface area contributed by atoms with Gasteiger partial charge < -0.3 is 20.4 Å². The molecule has 156 valence electrons. The highest BCUT2D eigenvalue weighted by atomic mass is 19.4. The molecular formula is C18H20F3N5O3. The lowest BCUT2D eigenvalue weighted by atomic mass is 9.96. The molecule has 0 aromatic carbocycles. The number of carbonyl (C=O) groups excluding carboxylic acids is 2. The van der Waals surface area contributed by atoms with Gasteiger partial charge in [-0.05, 0) is 25.0 Å². The smallest absolute Gasteiger partial charge is 0.410 e. The first-order chi connectivity index (χ1) is 13.7. The van der Waals surface area contributed by atoms with Crippen LogP contribution in [0.25, 0.3) is 0 Å². The number of anilines is 1. The minimum absolute atomic E-state index is 0.0700. The summed E-state index contributed by atoms with van der Waals surface area (Å²) in [4.78, 5) is 25.5. The Morgan fingerprint density at radius 1 is 1.28 bits per heavy atom. The number of primary amides is 1. The van der Waals surface area contributed by atoms with Gasteiger partial charge in [0.25, 0.3) is 5.91 Å². The lowest BCUT2D eigenvalue weighted by Crippen LogP contribution is -2.42. The number of piperidine rings is 1. The zero-order chi connectivity index (χ0) is 20.8. The Bertz CT molecular complexity index is 900. The molecule has 3 N–H and O–H groups in total. The van der Waals surface area contributed by atoms with Crippen molar-refractivity contribution >= 4 is 17.6 Å². The standard InChI is InChI=1S/C18H20F3N5O3/c19-18(20,21)14-8-11(13-2-1-7-29-13)23-15-9-12(24-26(14)15)17(28)25-5-3-10(4-6-25)16(22)27/h1-2,7,9-11,14,23H,3-6,8H2,(H2,22,27)/t11-,14+/m0/s1. The van der Waals surface area contributed by atoms with Crippen LogP contribution >= 0.6 is 0 Å². The van der Waals surface area contributed by atoms with Crippen LogP contribution in [0.2, 0.25) is 0 Å². The molecule has 4 rings (SSSR count). The van der Waals surface area contributed by atoms with Crippen LogP contribution in [-0.2, 0) is 4.79 Å². The second kappa shape index (κ2) is 7.12. The lowest BCUT2D eigenvalue weighted by molar-refractivity contribution is -0.174. The van der Waals surface area contributed by atoms with Crippen molar-refractivity contribution in [2.24, 2.45) is 11.7 Å². The second-order valence-corrected chi connectivity index (χ2v) is 7.33. The number of amides is 2. The molecule has 4 heterocycles. The van der Waals surface area contributed by atoms with Gasteiger partial charge >= 0.3 is 6.18 Å². The third-order valence-electron chi connectivity index (χ3n) is 5.48. The molecule has 1 fully saturated rings. The zero-order valence-corrected chi connectivity index (χ0v) is 15.4. The number of halogens is 3. The molecule has 0 radical (unpaired) electrons. The summed E-state index contributed by atoms with van der Waals surface area (Å²) in [5.41, 5.74) is 5.22. The van der Waals surface area contributed by atoms with Gasteiger partial charge in [-0.15, -0.1) is 0 Å². The van der Waals surface area contributed by atoms with Gasteiger partial charge in [0.2, 0.25) is 5.91 Å². The highest BCUT2D eigenvalue weighted by molar-refractivity contribution is 5.93. The van der Waals surface area contributed by atoms with Gasteiger partial charge in [-0.25, -0.2) is 4.68 Å². The number of aromatic nitrogens is 2. The van der Waals surface area contributed by atoms with Gasteiger partial charge in [0.1, 0.15) is 11.6 Å². The first-order valence-corrected chi connectivity index (χ1v) is 9.29. The second-order valence-electron chi connectivity index (χ2n) is 7.33. The molecule has 2 aliphatic rings. The topological polar surface area (TPSA) is 106 Å². The maximum atomic E-state index is 13.7. The summed E-state index contributed by atoms with van der Waals surface area (Å²) in [6, 6.07) is 1.98. The zero-order valence-electron chi connectivity index (χ0n) is 15.4. The van der Waals surface area contributed by atoms with E-state index in [1.807, 2.05) is 0 Å². The Labute approximate surface area is 163 Å². The maximum Gasteiger partial charge on any atom is 0.410 e. The van der Waals surface area contributed by atoms with Gasteiger partial charge in [-0.2, -0.15) is 18.3 Å². The van der Waals surface area contributed by atoms with Crippen LogP contribution in [-0.4, -0.2) is 45.8 Å². The number of nitrogens with two attached hydrogens (primary N) is 1. The molecule has 1 saturated heterocycles. The van der Waals surface area contributed by atoms with Crippen LogP contribution in [0.15, 0.2) is 28.9 Å². The number of hydrogen-bond acceptors (Lipinski definition) is 5. The minimum atomic E-state index is -4.53. The number of fused-ring (bicyclic) bond motifs is 1. The Balaban J connectivity index is 1.58. The fourth-order valence-corrected chi connectivity index (χ4v) is 3.88. The fourth-order valence-electron chi connectivity index (χ4n) is 3.88. The number of nitrogens with one attached hydrogen (secondary N) is 1. The average molecular weight is 411 g/mol. The van der Waals surface area contributed by atoms with E-state index in [4.69, 9.17) is 10.2 Å². The number of rotatable bonds is 3. The van der Waals surface area contributed by atoms with E-state index in [0.29, 0.717) is 31.7 Å². The Hall–Kier alpha value is -2.98. The van der Waals surface area contributed by atoms with Crippen molar-refractivity contribution in [1.29, 1.82) is 0 Å². The molecular weight excluding hydrogens is 391 g/mol. The van der Waals surface area contributed by atoms with E-state index in [-0.39, 0.29) is 23.9 Å². The maximum absolute atomic E-state index is 13.7. The molecule has 2 atom stereocenters. The molecule has 0 saturated carbocycles. The molecule has 2 aromatic heterocycles. The molecule has 8 nitrogen and oxygen atoms in total. The SMILES string of the molecule is NC(=O)C1CCN(C(=O)c2cc3n(n2)[C@@H](C(F)(F)F)C[C@@H](c2ccco2)N3)CC1. The van der Waals surface area contributed by atoms with Crippen molar-refractivity contribution in [3.05, 3.63) is 35.9 Å². The number of likely N-dealkylation sites (tertiary alicyclic amines) is 1. The van der Waals surface area contributed by atoms with E-state index >= 15 is 0 Å². The molecule has 0 bridgehead atoms. The van der Waals surface area contributed by atoms with Gasteiger partial charge in [0.05, 0.1) is 12.3 Å². The summed E-state index contributed by atoms with van der Waals surface area (Å²) in [5.74, 6) is -0.675. The Kier molecular flexibility index (Phi) is 4.75. The number of nitrogens with zero attached hydrogens (tertiary/aromatic N) is 3. The first kappa shape index (κ1) is 19.3. The molecule has 0 spiro atoms. The predicted molar refractivity (Wildman–Crippen MR) is 94.8 cm³/mol. The molecule has 0 aliphatic carbocycles. The van der Waals surface area contributed by atoms with E-state index in [1.54, 1.807) is 12.1 Å². The number of hydrogen-bond donors (Lipinski definition) is 2. The van der Waals surface area contributed by atoms with Gasteiger partial charge in [-0.1, -0.05) is 0 Å². The highest BCUT2D eigenvalue weighted by Crippen LogP contribution is 2.43. The van der Waals surface area contributed by atoms with Crippen molar-refractivity contribution in [1.82, 2.24) is 14.7 Å². The number of alkyl halides is 3. The Morgan fingerprint density at radius 2 is 2.00 bits per heavy atom. The van der Waals surface area contributed by atoms with E-state index in [9.17, 15) is 22.8 Å². The summed E-state index contributed by atoms with van der Waals surface area (Å²) in [7, 11) is 0. The fraction of sp³-hybridized carbons (Fsp3) is 0.500. The Morgan fingerprint density at radius 3 is 2.59 bits per heavy atom. The third-order valence-corrected chi connectivity index (χ3v) is 5.48. The molecule has 0 unspecified atom stereocenters. The lowest BCUT2D eigenvalue weighted by Gasteiger charge is -2.32. The van der Waals surface area contributed by atoms with Crippen LogP contribution < -0.4 is 11.1 Å². The molecule has 2 amide bonds. The van der Waals surface area contributed by atoms with Gasteiger partial charge in [-0.3, -0.25) is 9.59 Å². The average Bonchev–Trinajstić information content (AvgIpc) is 3.35. The van der Waals surface area contributed by atoms with E-state index in [2.05, 4.69) is 10.4 Å². The summed E-state index contributed by atoms with van der Waals surface area (Å²) < 4.78 is 47.1. The highest BCUT2D eigenvalue weighted by Gasteiger charge is 2.47. The van der Waals surface area contributed by atoms with E-state index < -0.39 is 30.1 Å². The largest absolute Gasteiger partial charge is 0.467 e. The minimum Gasteiger partial charge on any atom is -0.467 e. The molecule has 11 heteroatoms. The summed E-state index contributed by atoms with van der Waals surface area (Å²) in [5, 5.41) is 6.94. The monoisotopic (exact) mass is 411 g/mol. The quantitative estimate of drug-likeness (QED) is 0.807. The number of furan rings is 1. The van der Waals surface area contributed by atoms with Crippen LogP contribution in [0.4, 0.5) is 19.0 Å². The van der Waals surface area contributed by atoms with Crippen molar-refractivity contribution in [2.45, 2.75) is 37.5 Å². The van der Waals surface area contributed by atoms with Crippen LogP contribution in [0.5, 0.6) is 0 Å². The third kappa shape index (κ3) is 3.68. The first-order valence-electron chi connectivity index (χ1n) is 9.29. The van der Waals surface area contributed by atoms with Crippen molar-refractivity contribution in [3.8, 4) is 0 Å². The van der Waals surface area contributed by atoms with Gasteiger partial charge in [0, 0.05) is 31.5 Å². The molecule has 29 heavy (non-hydrogen) atoms. The van der Waals surface area contributed by atoms with Crippen molar-refractivity contribution in [2.75, 3.05) is 18.4 Å². The van der Waals surface area contributed by atoms with Crippen molar-refractivity contribution < 1.29 is 27.2 Å².